The lowest BCUT2D eigenvalue weighted by Crippen LogP contribution is -2.26. The minimum atomic E-state index is -0.770. The largest absolute Gasteiger partial charge is 0.493 e. The maximum Gasteiger partial charge on any atom is 0.306 e. The molecule has 1 amide bonds. The molecule has 118 valence electrons. The van der Waals surface area contributed by atoms with E-state index in [2.05, 4.69) is 15.3 Å². The van der Waals surface area contributed by atoms with Gasteiger partial charge in [0.1, 0.15) is 0 Å². The number of ether oxygens (including phenoxy) is 3. The third-order valence-electron chi connectivity index (χ3n) is 3.57. The summed E-state index contributed by atoms with van der Waals surface area (Å²) in [5.74, 6) is -0.751. The average Bonchev–Trinajstić information content (AvgIpc) is 2.65. The van der Waals surface area contributed by atoms with Gasteiger partial charge in [-0.3, -0.25) is 9.59 Å². The summed E-state index contributed by atoms with van der Waals surface area (Å²) in [5, 5.41) is 4.03. The SMILES string of the molecule is COC(=O)CC1C(=O)NN=C(C)c2ccc(OC)c(OC)c21. The summed E-state index contributed by atoms with van der Waals surface area (Å²) in [7, 11) is 4.28. The van der Waals surface area contributed by atoms with Crippen molar-refractivity contribution in [3.05, 3.63) is 23.3 Å². The van der Waals surface area contributed by atoms with Gasteiger partial charge in [0.2, 0.25) is 5.91 Å². The molecule has 0 fully saturated rings. The van der Waals surface area contributed by atoms with E-state index in [0.29, 0.717) is 22.8 Å². The summed E-state index contributed by atoms with van der Waals surface area (Å²) in [6.45, 7) is 1.77. The smallest absolute Gasteiger partial charge is 0.306 e. The third kappa shape index (κ3) is 2.74. The zero-order chi connectivity index (χ0) is 16.3. The lowest BCUT2D eigenvalue weighted by molar-refractivity contribution is -0.142. The van der Waals surface area contributed by atoms with Gasteiger partial charge in [0.05, 0.1) is 39.4 Å². The highest BCUT2D eigenvalue weighted by molar-refractivity contribution is 6.05. The number of esters is 1. The van der Waals surface area contributed by atoms with Crippen LogP contribution in [0, 0.1) is 0 Å². The zero-order valence-electron chi connectivity index (χ0n) is 12.9. The highest BCUT2D eigenvalue weighted by Gasteiger charge is 2.33. The second-order valence-corrected chi connectivity index (χ2v) is 4.77. The minimum absolute atomic E-state index is 0.109. The van der Waals surface area contributed by atoms with Gasteiger partial charge < -0.3 is 14.2 Å². The molecule has 7 heteroatoms. The van der Waals surface area contributed by atoms with Gasteiger partial charge in [0, 0.05) is 11.1 Å². The number of hydrazone groups is 1. The Hall–Kier alpha value is -2.57. The number of fused-ring (bicyclic) bond motifs is 1. The van der Waals surface area contributed by atoms with Crippen LogP contribution in [0.1, 0.15) is 30.4 Å². The van der Waals surface area contributed by atoms with Gasteiger partial charge in [-0.15, -0.1) is 0 Å². The Labute approximate surface area is 128 Å². The number of carbonyl (C=O) groups excluding carboxylic acids is 2. The number of hydrogen-bond donors (Lipinski definition) is 1. The standard InChI is InChI=1S/C15H18N2O5/c1-8-9-5-6-11(20-2)14(22-4)13(9)10(7-12(18)21-3)15(19)17-16-8/h5-6,10H,7H2,1-4H3,(H,17,19). The molecule has 0 saturated heterocycles. The number of nitrogens with one attached hydrogen (secondary N) is 1. The molecule has 2 rings (SSSR count). The van der Waals surface area contributed by atoms with Crippen molar-refractivity contribution >= 4 is 17.6 Å². The van der Waals surface area contributed by atoms with Crippen LogP contribution in [-0.2, 0) is 14.3 Å². The van der Waals surface area contributed by atoms with Crippen LogP contribution in [0.3, 0.4) is 0 Å². The first kappa shape index (κ1) is 15.8. The van der Waals surface area contributed by atoms with E-state index in [9.17, 15) is 9.59 Å². The Morgan fingerprint density at radius 1 is 1.27 bits per heavy atom. The molecule has 1 N–H and O–H groups in total. The fourth-order valence-corrected chi connectivity index (χ4v) is 2.47. The fraction of sp³-hybridized carbons (Fsp3) is 0.400. The van der Waals surface area contributed by atoms with Crippen LogP contribution in [0.2, 0.25) is 0 Å². The van der Waals surface area contributed by atoms with Crippen molar-refractivity contribution in [2.45, 2.75) is 19.3 Å². The van der Waals surface area contributed by atoms with Crippen molar-refractivity contribution in [1.82, 2.24) is 5.43 Å². The molecule has 0 radical (unpaired) electrons. The Bertz CT molecular complexity index is 639. The summed E-state index contributed by atoms with van der Waals surface area (Å²) in [4.78, 5) is 24.0. The number of nitrogens with zero attached hydrogens (tertiary/aromatic N) is 1. The Morgan fingerprint density at radius 3 is 2.59 bits per heavy atom. The summed E-state index contributed by atoms with van der Waals surface area (Å²) in [6, 6.07) is 3.53. The highest BCUT2D eigenvalue weighted by atomic mass is 16.5. The molecule has 7 nitrogen and oxygen atoms in total. The molecule has 0 aliphatic carbocycles. The number of rotatable bonds is 4. The quantitative estimate of drug-likeness (QED) is 0.845. The van der Waals surface area contributed by atoms with Gasteiger partial charge >= 0.3 is 5.97 Å². The number of amides is 1. The summed E-state index contributed by atoms with van der Waals surface area (Å²) < 4.78 is 15.4. The van der Waals surface area contributed by atoms with E-state index in [0.717, 1.165) is 5.56 Å². The minimum Gasteiger partial charge on any atom is -0.493 e. The van der Waals surface area contributed by atoms with Crippen molar-refractivity contribution in [3.8, 4) is 11.5 Å². The number of methoxy groups -OCH3 is 3. The van der Waals surface area contributed by atoms with Gasteiger partial charge in [0.15, 0.2) is 11.5 Å². The van der Waals surface area contributed by atoms with E-state index in [1.54, 1.807) is 19.1 Å². The molecular formula is C15H18N2O5. The molecule has 0 spiro atoms. The van der Waals surface area contributed by atoms with Crippen molar-refractivity contribution < 1.29 is 23.8 Å². The van der Waals surface area contributed by atoms with Crippen molar-refractivity contribution in [2.24, 2.45) is 5.10 Å². The first-order valence-corrected chi connectivity index (χ1v) is 6.69. The molecule has 1 unspecified atom stereocenters. The molecule has 1 aliphatic rings. The Kier molecular flexibility index (Phi) is 4.65. The van der Waals surface area contributed by atoms with E-state index in [1.165, 1.54) is 21.3 Å². The van der Waals surface area contributed by atoms with Crippen LogP contribution < -0.4 is 14.9 Å². The van der Waals surface area contributed by atoms with Gasteiger partial charge in [-0.2, -0.15) is 5.10 Å². The van der Waals surface area contributed by atoms with Crippen LogP contribution in [0.15, 0.2) is 17.2 Å². The molecule has 1 heterocycles. The van der Waals surface area contributed by atoms with Crippen molar-refractivity contribution in [3.63, 3.8) is 0 Å². The van der Waals surface area contributed by atoms with Gasteiger partial charge in [0.25, 0.3) is 0 Å². The molecule has 1 aliphatic heterocycles. The highest BCUT2D eigenvalue weighted by Crippen LogP contribution is 2.40. The zero-order valence-corrected chi connectivity index (χ0v) is 12.9. The normalized spacial score (nSPS) is 16.8. The summed E-state index contributed by atoms with van der Waals surface area (Å²) >= 11 is 0. The molecule has 0 aromatic heterocycles. The average molecular weight is 306 g/mol. The second kappa shape index (κ2) is 6.46. The Morgan fingerprint density at radius 2 is 2.00 bits per heavy atom. The first-order valence-electron chi connectivity index (χ1n) is 6.69. The molecule has 0 saturated carbocycles. The van der Waals surface area contributed by atoms with E-state index >= 15 is 0 Å². The van der Waals surface area contributed by atoms with Gasteiger partial charge in [-0.1, -0.05) is 0 Å². The lowest BCUT2D eigenvalue weighted by Gasteiger charge is -2.20. The van der Waals surface area contributed by atoms with Crippen LogP contribution in [0.4, 0.5) is 0 Å². The van der Waals surface area contributed by atoms with Crippen molar-refractivity contribution in [1.29, 1.82) is 0 Å². The number of hydrogen-bond acceptors (Lipinski definition) is 6. The maximum absolute atomic E-state index is 12.3. The van der Waals surface area contributed by atoms with Crippen molar-refractivity contribution in [2.75, 3.05) is 21.3 Å². The van der Waals surface area contributed by atoms with E-state index < -0.39 is 17.8 Å². The summed E-state index contributed by atoms with van der Waals surface area (Å²) in [6.07, 6.45) is -0.109. The molecule has 1 atom stereocenters. The van der Waals surface area contributed by atoms with Gasteiger partial charge in [-0.25, -0.2) is 5.43 Å². The molecule has 0 bridgehead atoms. The van der Waals surface area contributed by atoms with Crippen LogP contribution in [0.25, 0.3) is 0 Å². The van der Waals surface area contributed by atoms with Gasteiger partial charge in [-0.05, 0) is 19.1 Å². The molecule has 1 aromatic carbocycles. The third-order valence-corrected chi connectivity index (χ3v) is 3.57. The van der Waals surface area contributed by atoms with Crippen LogP contribution >= 0.6 is 0 Å². The predicted molar refractivity (Wildman–Crippen MR) is 79.3 cm³/mol. The first-order chi connectivity index (χ1) is 10.5. The Balaban J connectivity index is 2.66. The monoisotopic (exact) mass is 306 g/mol. The van der Waals surface area contributed by atoms with Crippen LogP contribution in [-0.4, -0.2) is 38.9 Å². The fourth-order valence-electron chi connectivity index (χ4n) is 2.47. The van der Waals surface area contributed by atoms with E-state index in [-0.39, 0.29) is 6.42 Å². The van der Waals surface area contributed by atoms with Crippen LogP contribution in [0.5, 0.6) is 11.5 Å². The molecule has 1 aromatic rings. The second-order valence-electron chi connectivity index (χ2n) is 4.77. The maximum atomic E-state index is 12.3. The molecular weight excluding hydrogens is 288 g/mol. The summed E-state index contributed by atoms with van der Waals surface area (Å²) in [5.41, 5.74) is 4.38. The lowest BCUT2D eigenvalue weighted by atomic mass is 9.88. The molecule has 22 heavy (non-hydrogen) atoms. The number of carbonyl (C=O) groups is 2. The van der Waals surface area contributed by atoms with E-state index in [1.807, 2.05) is 0 Å². The number of benzene rings is 1. The topological polar surface area (TPSA) is 86.2 Å². The van der Waals surface area contributed by atoms with E-state index in [4.69, 9.17) is 9.47 Å². The predicted octanol–water partition coefficient (Wildman–Crippen LogP) is 1.20.